The average Bonchev–Trinajstić information content (AvgIpc) is 2.74. The Labute approximate surface area is 123 Å². The smallest absolute Gasteiger partial charge is 0.270 e. The van der Waals surface area contributed by atoms with Crippen LogP contribution in [0.15, 0.2) is 42.5 Å². The fourth-order valence-electron chi connectivity index (χ4n) is 2.41. The lowest BCUT2D eigenvalue weighted by molar-refractivity contribution is -0.385. The third-order valence-corrected chi connectivity index (χ3v) is 3.46. The van der Waals surface area contributed by atoms with Gasteiger partial charge in [-0.1, -0.05) is 24.3 Å². The Morgan fingerprint density at radius 1 is 1.05 bits per heavy atom. The van der Waals surface area contributed by atoms with Crippen molar-refractivity contribution in [2.75, 3.05) is 0 Å². The Morgan fingerprint density at radius 3 is 2.45 bits per heavy atom. The molecule has 0 unspecified atom stereocenters. The van der Waals surface area contributed by atoms with Gasteiger partial charge in [-0.3, -0.25) is 24.6 Å². The van der Waals surface area contributed by atoms with E-state index in [-0.39, 0.29) is 23.2 Å². The highest BCUT2D eigenvalue weighted by Crippen LogP contribution is 2.31. The van der Waals surface area contributed by atoms with Crippen molar-refractivity contribution in [3.63, 3.8) is 0 Å². The van der Waals surface area contributed by atoms with E-state index in [0.717, 1.165) is 11.0 Å². The highest BCUT2D eigenvalue weighted by atomic mass is 19.1. The minimum Gasteiger partial charge on any atom is -0.270 e. The molecule has 1 heterocycles. The normalized spacial score (nSPS) is 13.4. The van der Waals surface area contributed by atoms with E-state index in [4.69, 9.17) is 0 Å². The molecule has 0 saturated carbocycles. The first kappa shape index (κ1) is 13.9. The van der Waals surface area contributed by atoms with Gasteiger partial charge in [-0.25, -0.2) is 4.39 Å². The van der Waals surface area contributed by atoms with Gasteiger partial charge in [-0.05, 0) is 12.1 Å². The predicted molar refractivity (Wildman–Crippen MR) is 73.7 cm³/mol. The summed E-state index contributed by atoms with van der Waals surface area (Å²) in [6, 6.07) is 9.60. The summed E-state index contributed by atoms with van der Waals surface area (Å²) in [4.78, 5) is 35.7. The SMILES string of the molecule is O=C1c2cccc([N+](=O)[O-])c2C(=O)N1Cc1ccccc1F. The van der Waals surface area contributed by atoms with Crippen LogP contribution in [0.25, 0.3) is 0 Å². The topological polar surface area (TPSA) is 80.5 Å². The highest BCUT2D eigenvalue weighted by Gasteiger charge is 2.40. The number of nitro groups is 1. The van der Waals surface area contributed by atoms with Crippen molar-refractivity contribution in [3.05, 3.63) is 75.1 Å². The van der Waals surface area contributed by atoms with Crippen LogP contribution in [0.4, 0.5) is 10.1 Å². The second-order valence-corrected chi connectivity index (χ2v) is 4.74. The van der Waals surface area contributed by atoms with Crippen molar-refractivity contribution >= 4 is 17.5 Å². The maximum atomic E-state index is 13.7. The summed E-state index contributed by atoms with van der Waals surface area (Å²) in [6.45, 7) is -0.268. The zero-order valence-corrected chi connectivity index (χ0v) is 11.2. The Balaban J connectivity index is 2.02. The van der Waals surface area contributed by atoms with Crippen LogP contribution in [-0.2, 0) is 6.54 Å². The molecule has 0 aliphatic carbocycles. The summed E-state index contributed by atoms with van der Waals surface area (Å²) in [5.41, 5.74) is -0.532. The van der Waals surface area contributed by atoms with E-state index in [0.29, 0.717) is 0 Å². The summed E-state index contributed by atoms with van der Waals surface area (Å²) in [6.07, 6.45) is 0. The molecule has 0 fully saturated rings. The van der Waals surface area contributed by atoms with Gasteiger partial charge in [-0.2, -0.15) is 0 Å². The van der Waals surface area contributed by atoms with Gasteiger partial charge >= 0.3 is 0 Å². The molecule has 3 rings (SSSR count). The first-order valence-electron chi connectivity index (χ1n) is 6.37. The molecule has 0 N–H and O–H groups in total. The fraction of sp³-hybridized carbons (Fsp3) is 0.0667. The number of rotatable bonds is 3. The summed E-state index contributed by atoms with van der Waals surface area (Å²) < 4.78 is 13.7. The van der Waals surface area contributed by atoms with Crippen LogP contribution < -0.4 is 0 Å². The minimum absolute atomic E-state index is 0.0319. The van der Waals surface area contributed by atoms with E-state index in [9.17, 15) is 24.1 Å². The van der Waals surface area contributed by atoms with Crippen LogP contribution in [0.3, 0.4) is 0 Å². The molecule has 2 aromatic carbocycles. The van der Waals surface area contributed by atoms with Crippen molar-refractivity contribution in [2.24, 2.45) is 0 Å². The Kier molecular flexibility index (Phi) is 3.17. The number of hydrogen-bond acceptors (Lipinski definition) is 4. The molecule has 2 amide bonds. The molecule has 2 aromatic rings. The van der Waals surface area contributed by atoms with Crippen LogP contribution in [-0.4, -0.2) is 21.6 Å². The molecule has 1 aliphatic heterocycles. The average molecular weight is 300 g/mol. The van der Waals surface area contributed by atoms with Crippen molar-refractivity contribution in [1.29, 1.82) is 0 Å². The fourth-order valence-corrected chi connectivity index (χ4v) is 2.41. The highest BCUT2D eigenvalue weighted by molar-refractivity contribution is 6.23. The molecule has 0 aromatic heterocycles. The summed E-state index contributed by atoms with van der Waals surface area (Å²) in [7, 11) is 0. The quantitative estimate of drug-likeness (QED) is 0.495. The van der Waals surface area contributed by atoms with Crippen molar-refractivity contribution in [3.8, 4) is 0 Å². The number of nitrogens with zero attached hydrogens (tertiary/aromatic N) is 2. The van der Waals surface area contributed by atoms with E-state index < -0.39 is 28.2 Å². The van der Waals surface area contributed by atoms with Crippen LogP contribution in [0, 0.1) is 15.9 Å². The third kappa shape index (κ3) is 2.03. The molecule has 6 nitrogen and oxygen atoms in total. The van der Waals surface area contributed by atoms with Crippen LogP contribution in [0.5, 0.6) is 0 Å². The third-order valence-electron chi connectivity index (χ3n) is 3.46. The number of carbonyl (C=O) groups excluding carboxylic acids is 2. The van der Waals surface area contributed by atoms with E-state index in [1.54, 1.807) is 6.07 Å². The maximum absolute atomic E-state index is 13.7. The van der Waals surface area contributed by atoms with Gasteiger partial charge in [0.05, 0.1) is 17.0 Å². The lowest BCUT2D eigenvalue weighted by Crippen LogP contribution is -2.29. The molecule has 1 aliphatic rings. The second-order valence-electron chi connectivity index (χ2n) is 4.74. The molecule has 7 heteroatoms. The lowest BCUT2D eigenvalue weighted by atomic mass is 10.1. The Bertz CT molecular complexity index is 819. The molecule has 0 atom stereocenters. The first-order valence-corrected chi connectivity index (χ1v) is 6.37. The Hall–Kier alpha value is -3.09. The predicted octanol–water partition coefficient (Wildman–Crippen LogP) is 2.53. The number of nitro benzene ring substituents is 1. The van der Waals surface area contributed by atoms with Gasteiger partial charge in [0.1, 0.15) is 11.4 Å². The van der Waals surface area contributed by atoms with E-state index in [1.165, 1.54) is 30.3 Å². The number of benzene rings is 2. The van der Waals surface area contributed by atoms with Gasteiger partial charge in [0, 0.05) is 11.6 Å². The van der Waals surface area contributed by atoms with Gasteiger partial charge in [0.2, 0.25) is 0 Å². The minimum atomic E-state index is -0.782. The van der Waals surface area contributed by atoms with Gasteiger partial charge < -0.3 is 0 Å². The standard InChI is InChI=1S/C15H9FN2O4/c16-11-6-2-1-4-9(11)8-17-14(19)10-5-3-7-12(18(21)22)13(10)15(17)20/h1-7H,8H2. The Morgan fingerprint density at radius 2 is 1.77 bits per heavy atom. The van der Waals surface area contributed by atoms with Crippen molar-refractivity contribution < 1.29 is 18.9 Å². The van der Waals surface area contributed by atoms with Crippen molar-refractivity contribution in [2.45, 2.75) is 6.54 Å². The summed E-state index contributed by atoms with van der Waals surface area (Å²) in [5.74, 6) is -1.99. The van der Waals surface area contributed by atoms with Crippen LogP contribution >= 0.6 is 0 Å². The number of fused-ring (bicyclic) bond motifs is 1. The number of hydrogen-bond donors (Lipinski definition) is 0. The zero-order valence-electron chi connectivity index (χ0n) is 11.2. The number of carbonyl (C=O) groups is 2. The largest absolute Gasteiger partial charge is 0.282 e. The number of imide groups is 1. The van der Waals surface area contributed by atoms with E-state index in [1.807, 2.05) is 0 Å². The van der Waals surface area contributed by atoms with Crippen molar-refractivity contribution in [1.82, 2.24) is 4.90 Å². The maximum Gasteiger partial charge on any atom is 0.282 e. The molecule has 0 spiro atoms. The van der Waals surface area contributed by atoms with Gasteiger partial charge in [-0.15, -0.1) is 0 Å². The van der Waals surface area contributed by atoms with Crippen LogP contribution in [0.2, 0.25) is 0 Å². The molecular formula is C15H9FN2O4. The van der Waals surface area contributed by atoms with Gasteiger partial charge in [0.15, 0.2) is 0 Å². The van der Waals surface area contributed by atoms with E-state index in [2.05, 4.69) is 0 Å². The molecule has 110 valence electrons. The molecule has 0 radical (unpaired) electrons. The zero-order chi connectivity index (χ0) is 15.9. The van der Waals surface area contributed by atoms with E-state index >= 15 is 0 Å². The number of halogens is 1. The lowest BCUT2D eigenvalue weighted by Gasteiger charge is -2.14. The van der Waals surface area contributed by atoms with Gasteiger partial charge in [0.25, 0.3) is 17.5 Å². The monoisotopic (exact) mass is 300 g/mol. The first-order chi connectivity index (χ1) is 10.5. The molecule has 0 bridgehead atoms. The molecule has 22 heavy (non-hydrogen) atoms. The number of amides is 2. The molecule has 0 saturated heterocycles. The van der Waals surface area contributed by atoms with Crippen LogP contribution in [0.1, 0.15) is 26.3 Å². The summed E-state index contributed by atoms with van der Waals surface area (Å²) >= 11 is 0. The second kappa shape index (κ2) is 5.03. The molecular weight excluding hydrogens is 291 g/mol. The summed E-state index contributed by atoms with van der Waals surface area (Å²) in [5, 5.41) is 11.0.